The number of ether oxygens (including phenoxy) is 1. The van der Waals surface area contributed by atoms with Gasteiger partial charge < -0.3 is 9.84 Å². The van der Waals surface area contributed by atoms with Crippen LogP contribution in [0.3, 0.4) is 0 Å². The number of sulfone groups is 1. The van der Waals surface area contributed by atoms with Crippen molar-refractivity contribution < 1.29 is 23.1 Å². The van der Waals surface area contributed by atoms with Crippen LogP contribution in [-0.4, -0.2) is 32.4 Å². The second kappa shape index (κ2) is 6.53. The number of rotatable bonds is 5. The van der Waals surface area contributed by atoms with Crippen LogP contribution in [0.2, 0.25) is 0 Å². The van der Waals surface area contributed by atoms with E-state index in [-0.39, 0.29) is 20.0 Å². The molecule has 0 atom stereocenters. The molecule has 0 fully saturated rings. The Kier molecular flexibility index (Phi) is 5.61. The standard InChI is InChI=1S/C10H14O5S3/c1-3-4-5-18(13,14)8(9(12)15-2)10-16-6-7(11)17-10/h6,11H,3-5H2,1-2H3/b10-8-. The molecule has 0 saturated carbocycles. The molecular weight excluding hydrogens is 296 g/mol. The van der Waals surface area contributed by atoms with Crippen molar-refractivity contribution in [2.75, 3.05) is 12.9 Å². The predicted octanol–water partition coefficient (Wildman–Crippen LogP) is 2.38. The van der Waals surface area contributed by atoms with Gasteiger partial charge in [0, 0.05) is 5.41 Å². The molecule has 0 aromatic carbocycles. The normalized spacial score (nSPS) is 18.4. The molecule has 0 amide bonds. The van der Waals surface area contributed by atoms with Gasteiger partial charge in [-0.15, -0.1) is 0 Å². The average molecular weight is 310 g/mol. The van der Waals surface area contributed by atoms with Crippen LogP contribution in [0.4, 0.5) is 0 Å². The van der Waals surface area contributed by atoms with Crippen LogP contribution in [0.15, 0.2) is 19.6 Å². The van der Waals surface area contributed by atoms with Crippen molar-refractivity contribution in [3.63, 3.8) is 0 Å². The van der Waals surface area contributed by atoms with Gasteiger partial charge in [-0.2, -0.15) is 0 Å². The summed E-state index contributed by atoms with van der Waals surface area (Å²) in [7, 11) is -2.55. The maximum atomic E-state index is 12.1. The predicted molar refractivity (Wildman–Crippen MR) is 73.6 cm³/mol. The number of hydrogen-bond acceptors (Lipinski definition) is 7. The number of hydrogen-bond donors (Lipinski definition) is 1. The summed E-state index contributed by atoms with van der Waals surface area (Å²) in [6, 6.07) is 0. The van der Waals surface area contributed by atoms with E-state index >= 15 is 0 Å². The second-order valence-electron chi connectivity index (χ2n) is 3.46. The fourth-order valence-corrected chi connectivity index (χ4v) is 5.40. The number of esters is 1. The zero-order valence-corrected chi connectivity index (χ0v) is 12.5. The number of methoxy groups -OCH3 is 1. The van der Waals surface area contributed by atoms with Gasteiger partial charge in [-0.25, -0.2) is 13.2 Å². The molecule has 0 saturated heterocycles. The van der Waals surface area contributed by atoms with E-state index in [1.807, 2.05) is 6.92 Å². The molecule has 1 rings (SSSR count). The summed E-state index contributed by atoms with van der Waals surface area (Å²) >= 11 is 1.87. The first-order chi connectivity index (χ1) is 8.42. The summed E-state index contributed by atoms with van der Waals surface area (Å²) in [5.74, 6) is -0.983. The highest BCUT2D eigenvalue weighted by Gasteiger charge is 2.32. The van der Waals surface area contributed by atoms with E-state index in [0.29, 0.717) is 12.8 Å². The minimum atomic E-state index is -3.68. The first-order valence-corrected chi connectivity index (χ1v) is 8.56. The molecule has 0 spiro atoms. The van der Waals surface area contributed by atoms with E-state index in [0.717, 1.165) is 30.6 Å². The Bertz CT molecular complexity index is 490. The molecule has 1 aliphatic rings. The third-order valence-corrected chi connectivity index (χ3v) is 6.34. The molecule has 5 nitrogen and oxygen atoms in total. The van der Waals surface area contributed by atoms with Crippen molar-refractivity contribution >= 4 is 39.3 Å². The molecule has 1 heterocycles. The zero-order chi connectivity index (χ0) is 13.8. The largest absolute Gasteiger partial charge is 0.501 e. The molecule has 8 heteroatoms. The SMILES string of the molecule is CCCCS(=O)(=O)/C(C(=O)OC)=C1/SC=C(O)S1. The zero-order valence-electron chi connectivity index (χ0n) is 10.0. The van der Waals surface area contributed by atoms with Crippen LogP contribution < -0.4 is 0 Å². The van der Waals surface area contributed by atoms with E-state index in [1.54, 1.807) is 0 Å². The fourth-order valence-electron chi connectivity index (χ4n) is 1.21. The van der Waals surface area contributed by atoms with Gasteiger partial charge in [0.15, 0.2) is 19.8 Å². The highest BCUT2D eigenvalue weighted by Crippen LogP contribution is 2.45. The molecule has 102 valence electrons. The molecule has 0 aromatic heterocycles. The molecule has 18 heavy (non-hydrogen) atoms. The maximum Gasteiger partial charge on any atom is 0.351 e. The maximum absolute atomic E-state index is 12.1. The summed E-state index contributed by atoms with van der Waals surface area (Å²) in [6.07, 6.45) is 1.19. The van der Waals surface area contributed by atoms with E-state index in [1.165, 1.54) is 5.41 Å². The molecule has 1 aliphatic heterocycles. The minimum Gasteiger partial charge on any atom is -0.501 e. The smallest absolute Gasteiger partial charge is 0.351 e. The molecule has 1 N–H and O–H groups in total. The summed E-state index contributed by atoms with van der Waals surface area (Å²) < 4.78 is 29.0. The summed E-state index contributed by atoms with van der Waals surface area (Å²) in [6.45, 7) is 1.87. The van der Waals surface area contributed by atoms with Crippen molar-refractivity contribution in [2.45, 2.75) is 19.8 Å². The van der Waals surface area contributed by atoms with Crippen molar-refractivity contribution in [1.29, 1.82) is 0 Å². The Hall–Kier alpha value is -0.600. The van der Waals surface area contributed by atoms with Crippen molar-refractivity contribution in [1.82, 2.24) is 0 Å². The van der Waals surface area contributed by atoms with Gasteiger partial charge in [0.1, 0.15) is 0 Å². The first-order valence-electron chi connectivity index (χ1n) is 5.21. The Morgan fingerprint density at radius 1 is 1.50 bits per heavy atom. The lowest BCUT2D eigenvalue weighted by atomic mass is 10.4. The highest BCUT2D eigenvalue weighted by atomic mass is 32.2. The lowest BCUT2D eigenvalue weighted by Gasteiger charge is -2.09. The van der Waals surface area contributed by atoms with Crippen molar-refractivity contribution in [3.8, 4) is 0 Å². The lowest BCUT2D eigenvalue weighted by Crippen LogP contribution is -2.19. The van der Waals surface area contributed by atoms with Gasteiger partial charge in [-0.1, -0.05) is 25.1 Å². The third kappa shape index (κ3) is 3.69. The van der Waals surface area contributed by atoms with Crippen molar-refractivity contribution in [3.05, 3.63) is 19.6 Å². The van der Waals surface area contributed by atoms with E-state index in [9.17, 15) is 18.3 Å². The number of carbonyl (C=O) groups excluding carboxylic acids is 1. The molecule has 0 bridgehead atoms. The lowest BCUT2D eigenvalue weighted by molar-refractivity contribution is -0.135. The monoisotopic (exact) mass is 310 g/mol. The van der Waals surface area contributed by atoms with E-state index in [2.05, 4.69) is 4.74 Å². The van der Waals surface area contributed by atoms with Crippen molar-refractivity contribution in [2.24, 2.45) is 0 Å². The average Bonchev–Trinajstić information content (AvgIpc) is 2.72. The Labute approximate surface area is 115 Å². The number of thioether (sulfide) groups is 2. The topological polar surface area (TPSA) is 80.7 Å². The van der Waals surface area contributed by atoms with Gasteiger partial charge in [0.05, 0.1) is 17.1 Å². The van der Waals surface area contributed by atoms with Crippen LogP contribution >= 0.6 is 23.5 Å². The summed E-state index contributed by atoms with van der Waals surface area (Å²) in [4.78, 5) is 11.3. The molecular formula is C10H14O5S3. The molecule has 0 unspecified atom stereocenters. The van der Waals surface area contributed by atoms with Gasteiger partial charge in [-0.3, -0.25) is 0 Å². The van der Waals surface area contributed by atoms with Gasteiger partial charge >= 0.3 is 5.97 Å². The quantitative estimate of drug-likeness (QED) is 0.616. The van der Waals surface area contributed by atoms with Gasteiger partial charge in [-0.05, 0) is 18.2 Å². The van der Waals surface area contributed by atoms with Crippen LogP contribution in [0, 0.1) is 0 Å². The highest BCUT2D eigenvalue weighted by molar-refractivity contribution is 8.28. The number of unbranched alkanes of at least 4 members (excludes halogenated alkanes) is 1. The molecule has 0 aliphatic carbocycles. The fraction of sp³-hybridized carbons (Fsp3) is 0.500. The molecule has 0 aromatic rings. The first kappa shape index (κ1) is 15.5. The van der Waals surface area contributed by atoms with Gasteiger partial charge in [0.2, 0.25) is 0 Å². The number of carbonyl (C=O) groups is 1. The number of aliphatic hydroxyl groups is 1. The number of aliphatic hydroxyl groups excluding tert-OH is 1. The molecule has 0 radical (unpaired) electrons. The van der Waals surface area contributed by atoms with Gasteiger partial charge in [0.25, 0.3) is 0 Å². The van der Waals surface area contributed by atoms with Crippen LogP contribution in [0.5, 0.6) is 0 Å². The summed E-state index contributed by atoms with van der Waals surface area (Å²) in [5, 5.41) is 10.6. The van der Waals surface area contributed by atoms with Crippen LogP contribution in [0.25, 0.3) is 0 Å². The van der Waals surface area contributed by atoms with E-state index in [4.69, 9.17) is 0 Å². The minimum absolute atomic E-state index is 0.0258. The van der Waals surface area contributed by atoms with Crippen LogP contribution in [-0.2, 0) is 19.4 Å². The second-order valence-corrected chi connectivity index (χ2v) is 7.67. The Balaban J connectivity index is 3.12. The van der Waals surface area contributed by atoms with E-state index < -0.39 is 15.8 Å². The third-order valence-electron chi connectivity index (χ3n) is 2.10. The van der Waals surface area contributed by atoms with Crippen LogP contribution in [0.1, 0.15) is 19.8 Å². The Morgan fingerprint density at radius 3 is 2.61 bits per heavy atom. The summed E-state index contributed by atoms with van der Waals surface area (Å²) in [5.41, 5.74) is 0. The Morgan fingerprint density at radius 2 is 2.17 bits per heavy atom.